The Bertz CT molecular complexity index is 181. The summed E-state index contributed by atoms with van der Waals surface area (Å²) in [5, 5.41) is 0. The van der Waals surface area contributed by atoms with Crippen LogP contribution in [0.25, 0.3) is 0 Å². The maximum absolute atomic E-state index is 5.53. The molecule has 0 saturated carbocycles. The average molecular weight is 182 g/mol. The molecular weight excluding hydrogens is 166 g/mol. The Labute approximate surface area is 79.0 Å². The van der Waals surface area contributed by atoms with E-state index in [1.54, 1.807) is 0 Å². The van der Waals surface area contributed by atoms with E-state index in [0.29, 0.717) is 17.9 Å². The van der Waals surface area contributed by atoms with E-state index in [-0.39, 0.29) is 0 Å². The van der Waals surface area contributed by atoms with Crippen molar-refractivity contribution >= 4 is 0 Å². The lowest BCUT2D eigenvalue weighted by Crippen LogP contribution is -2.57. The molecule has 3 heterocycles. The molecule has 1 radical (unpaired) electrons. The number of rotatable bonds is 1. The summed E-state index contributed by atoms with van der Waals surface area (Å²) in [6, 6.07) is 0.705. The fourth-order valence-corrected chi connectivity index (χ4v) is 2.50. The van der Waals surface area contributed by atoms with Gasteiger partial charge < -0.3 is 9.47 Å². The molecule has 0 N–H and O–H groups in total. The first-order valence-corrected chi connectivity index (χ1v) is 5.16. The summed E-state index contributed by atoms with van der Waals surface area (Å²) in [6.45, 7) is 6.12. The van der Waals surface area contributed by atoms with Crippen LogP contribution in [0.5, 0.6) is 0 Å². The molecule has 73 valence electrons. The molecule has 13 heavy (non-hydrogen) atoms. The van der Waals surface area contributed by atoms with E-state index >= 15 is 0 Å². The lowest BCUT2D eigenvalue weighted by Gasteiger charge is -2.46. The number of fused-ring (bicyclic) bond motifs is 2. The maximum atomic E-state index is 5.53. The largest absolute Gasteiger partial charge is 0.381 e. The first kappa shape index (κ1) is 8.21. The lowest BCUT2D eigenvalue weighted by atomic mass is 9.87. The Balaban J connectivity index is 1.64. The Morgan fingerprint density at radius 2 is 1.54 bits per heavy atom. The van der Waals surface area contributed by atoms with Crippen LogP contribution in [0.3, 0.4) is 0 Å². The second kappa shape index (κ2) is 3.23. The molecule has 3 heteroatoms. The molecule has 0 aromatic rings. The van der Waals surface area contributed by atoms with Gasteiger partial charge >= 0.3 is 0 Å². The molecule has 0 aromatic carbocycles. The number of nitrogens with zero attached hydrogens (tertiary/aromatic N) is 1. The van der Waals surface area contributed by atoms with Crippen LogP contribution >= 0.6 is 0 Å². The van der Waals surface area contributed by atoms with Crippen LogP contribution in [-0.4, -0.2) is 50.5 Å². The third kappa shape index (κ3) is 1.49. The van der Waals surface area contributed by atoms with E-state index in [2.05, 4.69) is 11.3 Å². The van der Waals surface area contributed by atoms with Crippen LogP contribution in [-0.2, 0) is 9.47 Å². The highest BCUT2D eigenvalue weighted by Gasteiger charge is 2.36. The van der Waals surface area contributed by atoms with Crippen LogP contribution in [0.4, 0.5) is 0 Å². The summed E-state index contributed by atoms with van der Waals surface area (Å²) >= 11 is 0. The van der Waals surface area contributed by atoms with E-state index in [1.807, 2.05) is 0 Å². The molecule has 0 amide bonds. The molecule has 0 unspecified atom stereocenters. The van der Waals surface area contributed by atoms with Crippen molar-refractivity contribution in [3.05, 3.63) is 6.42 Å². The molecule has 3 saturated heterocycles. The molecule has 3 aliphatic heterocycles. The van der Waals surface area contributed by atoms with E-state index in [1.165, 1.54) is 13.1 Å². The van der Waals surface area contributed by atoms with Crippen molar-refractivity contribution in [2.24, 2.45) is 11.8 Å². The molecule has 3 nitrogen and oxygen atoms in total. The Hall–Kier alpha value is -0.120. The zero-order valence-electron chi connectivity index (χ0n) is 7.82. The smallest absolute Gasteiger partial charge is 0.0645 e. The zero-order valence-corrected chi connectivity index (χ0v) is 7.82. The van der Waals surface area contributed by atoms with E-state index in [4.69, 9.17) is 9.47 Å². The van der Waals surface area contributed by atoms with Gasteiger partial charge in [-0.15, -0.1) is 0 Å². The predicted molar refractivity (Wildman–Crippen MR) is 48.3 cm³/mol. The monoisotopic (exact) mass is 182 g/mol. The predicted octanol–water partition coefficient (Wildman–Crippen LogP) is 0.168. The number of piperidine rings is 1. The SMILES string of the molecule is [CH]1[C@@H]2COC[C@H]1CN(C1COC1)C2. The van der Waals surface area contributed by atoms with Crippen LogP contribution < -0.4 is 0 Å². The van der Waals surface area contributed by atoms with Crippen molar-refractivity contribution in [1.29, 1.82) is 0 Å². The third-order valence-electron chi connectivity index (χ3n) is 3.28. The summed E-state index contributed by atoms with van der Waals surface area (Å²) in [6.07, 6.45) is 2.49. The summed E-state index contributed by atoms with van der Waals surface area (Å²) in [5.74, 6) is 1.35. The summed E-state index contributed by atoms with van der Waals surface area (Å²) in [4.78, 5) is 2.58. The van der Waals surface area contributed by atoms with Gasteiger partial charge in [0.2, 0.25) is 0 Å². The molecule has 3 rings (SSSR count). The van der Waals surface area contributed by atoms with Crippen molar-refractivity contribution in [2.75, 3.05) is 39.5 Å². The number of likely N-dealkylation sites (tertiary alicyclic amines) is 1. The fraction of sp³-hybridized carbons (Fsp3) is 0.900. The number of hydrogen-bond donors (Lipinski definition) is 0. The van der Waals surface area contributed by atoms with Crippen molar-refractivity contribution in [3.63, 3.8) is 0 Å². The molecule has 0 spiro atoms. The molecule has 3 fully saturated rings. The van der Waals surface area contributed by atoms with Crippen LogP contribution in [0.15, 0.2) is 0 Å². The zero-order chi connectivity index (χ0) is 8.67. The molecule has 0 aromatic heterocycles. The average Bonchev–Trinajstić information content (AvgIpc) is 2.00. The summed E-state index contributed by atoms with van der Waals surface area (Å²) in [5.41, 5.74) is 0. The first-order chi connectivity index (χ1) is 6.42. The second-order valence-corrected chi connectivity index (χ2v) is 4.40. The summed E-state index contributed by atoms with van der Waals surface area (Å²) < 4.78 is 10.8. The van der Waals surface area contributed by atoms with Gasteiger partial charge in [-0.3, -0.25) is 4.90 Å². The van der Waals surface area contributed by atoms with Crippen LogP contribution in [0.1, 0.15) is 0 Å². The fourth-order valence-electron chi connectivity index (χ4n) is 2.50. The Kier molecular flexibility index (Phi) is 2.04. The highest BCUT2D eigenvalue weighted by atomic mass is 16.5. The van der Waals surface area contributed by atoms with E-state index < -0.39 is 0 Å². The van der Waals surface area contributed by atoms with Gasteiger partial charge in [-0.1, -0.05) is 0 Å². The van der Waals surface area contributed by atoms with Gasteiger partial charge in [0.1, 0.15) is 0 Å². The summed E-state index contributed by atoms with van der Waals surface area (Å²) in [7, 11) is 0. The molecular formula is C10H16NO2. The first-order valence-electron chi connectivity index (χ1n) is 5.16. The normalized spacial score (nSPS) is 41.5. The second-order valence-electron chi connectivity index (χ2n) is 4.40. The highest BCUT2D eigenvalue weighted by molar-refractivity contribution is 4.97. The van der Waals surface area contributed by atoms with Gasteiger partial charge in [0.15, 0.2) is 0 Å². The molecule has 0 aliphatic carbocycles. The Morgan fingerprint density at radius 1 is 0.923 bits per heavy atom. The van der Waals surface area contributed by atoms with Crippen molar-refractivity contribution in [2.45, 2.75) is 6.04 Å². The number of ether oxygens (including phenoxy) is 2. The van der Waals surface area contributed by atoms with Crippen molar-refractivity contribution < 1.29 is 9.47 Å². The Morgan fingerprint density at radius 3 is 2.08 bits per heavy atom. The standard InChI is InChI=1S/C10H16NO2/c1-8-2-11(10-6-13-7-10)3-9(1)5-12-4-8/h1,8-10H,2-7H2/t8-,9+. The van der Waals surface area contributed by atoms with Crippen molar-refractivity contribution in [3.8, 4) is 0 Å². The third-order valence-corrected chi connectivity index (χ3v) is 3.28. The van der Waals surface area contributed by atoms with Crippen molar-refractivity contribution in [1.82, 2.24) is 4.90 Å². The maximum Gasteiger partial charge on any atom is 0.0645 e. The minimum Gasteiger partial charge on any atom is -0.381 e. The van der Waals surface area contributed by atoms with E-state index in [9.17, 15) is 0 Å². The minimum absolute atomic E-state index is 0.674. The lowest BCUT2D eigenvalue weighted by molar-refractivity contribution is -0.0985. The van der Waals surface area contributed by atoms with Gasteiger partial charge in [-0.25, -0.2) is 0 Å². The quantitative estimate of drug-likeness (QED) is 0.577. The van der Waals surface area contributed by atoms with Gasteiger partial charge in [0, 0.05) is 13.1 Å². The highest BCUT2D eigenvalue weighted by Crippen LogP contribution is 2.28. The topological polar surface area (TPSA) is 21.7 Å². The van der Waals surface area contributed by atoms with Gasteiger partial charge in [-0.05, 0) is 18.3 Å². The van der Waals surface area contributed by atoms with Gasteiger partial charge in [0.25, 0.3) is 0 Å². The molecule has 3 aliphatic rings. The minimum atomic E-state index is 0.674. The molecule has 2 atom stereocenters. The van der Waals surface area contributed by atoms with Gasteiger partial charge in [-0.2, -0.15) is 0 Å². The van der Waals surface area contributed by atoms with Crippen LogP contribution in [0, 0.1) is 18.3 Å². The molecule has 2 bridgehead atoms. The van der Waals surface area contributed by atoms with Crippen LogP contribution in [0.2, 0.25) is 0 Å². The number of hydrogen-bond acceptors (Lipinski definition) is 3. The van der Waals surface area contributed by atoms with Gasteiger partial charge in [0.05, 0.1) is 32.5 Å². The van der Waals surface area contributed by atoms with E-state index in [0.717, 1.165) is 26.4 Å².